The minimum Gasteiger partial charge on any atom is -0.479 e. The lowest BCUT2D eigenvalue weighted by molar-refractivity contribution is -0.149. The van der Waals surface area contributed by atoms with Crippen LogP contribution in [0.1, 0.15) is 23.5 Å². The highest BCUT2D eigenvalue weighted by Gasteiger charge is 2.34. The molecule has 33 heavy (non-hydrogen) atoms. The molecule has 0 spiro atoms. The van der Waals surface area contributed by atoms with Crippen LogP contribution in [0.2, 0.25) is 0 Å². The number of hydrogen-bond donors (Lipinski definition) is 3. The maximum absolute atomic E-state index is 12.1. The summed E-state index contributed by atoms with van der Waals surface area (Å²) in [6, 6.07) is 16.2. The molecule has 2 aromatic carbocycles. The second-order valence-electron chi connectivity index (χ2n) is 8.03. The van der Waals surface area contributed by atoms with E-state index in [4.69, 9.17) is 14.6 Å². The summed E-state index contributed by atoms with van der Waals surface area (Å²) < 4.78 is 10.6. The zero-order chi connectivity index (χ0) is 23.2. The third-order valence-electron chi connectivity index (χ3n) is 5.97. The van der Waals surface area contributed by atoms with Crippen molar-refractivity contribution in [1.82, 2.24) is 10.6 Å². The maximum atomic E-state index is 12.1. The van der Waals surface area contributed by atoms with Gasteiger partial charge in [0.25, 0.3) is 0 Å². The van der Waals surface area contributed by atoms with Gasteiger partial charge >= 0.3 is 12.1 Å². The van der Waals surface area contributed by atoms with Gasteiger partial charge in [-0.3, -0.25) is 4.79 Å². The fourth-order valence-electron chi connectivity index (χ4n) is 4.36. The Bertz CT molecular complexity index is 1020. The topological polar surface area (TPSA) is 114 Å². The highest BCUT2D eigenvalue weighted by atomic mass is 16.5. The van der Waals surface area contributed by atoms with Gasteiger partial charge in [0, 0.05) is 37.6 Å². The predicted octanol–water partition coefficient (Wildman–Crippen LogP) is 2.69. The fourth-order valence-corrected chi connectivity index (χ4v) is 4.36. The number of carbonyl (C=O) groups is 3. The van der Waals surface area contributed by atoms with E-state index in [-0.39, 0.29) is 37.4 Å². The van der Waals surface area contributed by atoms with Crippen molar-refractivity contribution in [1.29, 1.82) is 0 Å². The largest absolute Gasteiger partial charge is 0.479 e. The van der Waals surface area contributed by atoms with Crippen LogP contribution in [-0.4, -0.2) is 55.5 Å². The van der Waals surface area contributed by atoms with Crippen LogP contribution in [0.5, 0.6) is 0 Å². The SMILES string of the molecule is O=C(/C=C/CNC(=O)OCC1c2ccccc2-c2ccccc21)NCC1CCOC1C(=O)O. The average Bonchev–Trinajstić information content (AvgIpc) is 3.42. The summed E-state index contributed by atoms with van der Waals surface area (Å²) >= 11 is 0. The van der Waals surface area contributed by atoms with Gasteiger partial charge in [-0.1, -0.05) is 54.6 Å². The number of hydrogen-bond acceptors (Lipinski definition) is 5. The Kier molecular flexibility index (Phi) is 7.04. The first-order valence-electron chi connectivity index (χ1n) is 10.9. The summed E-state index contributed by atoms with van der Waals surface area (Å²) in [5.74, 6) is -1.65. The Morgan fingerprint density at radius 3 is 2.36 bits per heavy atom. The monoisotopic (exact) mass is 450 g/mol. The molecular formula is C25H26N2O6. The summed E-state index contributed by atoms with van der Waals surface area (Å²) in [4.78, 5) is 35.1. The van der Waals surface area contributed by atoms with Crippen molar-refractivity contribution in [2.75, 3.05) is 26.3 Å². The second kappa shape index (κ2) is 10.3. The van der Waals surface area contributed by atoms with Crippen molar-refractivity contribution in [3.8, 4) is 11.1 Å². The summed E-state index contributed by atoms with van der Waals surface area (Å²) in [5, 5.41) is 14.3. The van der Waals surface area contributed by atoms with Crippen LogP contribution in [0.25, 0.3) is 11.1 Å². The van der Waals surface area contributed by atoms with Crippen molar-refractivity contribution in [3.63, 3.8) is 0 Å². The Balaban J connectivity index is 1.20. The van der Waals surface area contributed by atoms with Crippen molar-refractivity contribution >= 4 is 18.0 Å². The van der Waals surface area contributed by atoms with Gasteiger partial charge < -0.3 is 25.2 Å². The lowest BCUT2D eigenvalue weighted by Gasteiger charge is -2.14. The number of benzene rings is 2. The van der Waals surface area contributed by atoms with Gasteiger partial charge in [-0.15, -0.1) is 0 Å². The Morgan fingerprint density at radius 1 is 1.03 bits per heavy atom. The summed E-state index contributed by atoms with van der Waals surface area (Å²) in [6.45, 7) is 0.948. The normalized spacial score (nSPS) is 19.2. The minimum absolute atomic E-state index is 0.0151. The number of fused-ring (bicyclic) bond motifs is 3. The highest BCUT2D eigenvalue weighted by molar-refractivity contribution is 5.87. The molecule has 2 amide bonds. The van der Waals surface area contributed by atoms with Gasteiger partial charge in [0.2, 0.25) is 5.91 Å². The Hall–Kier alpha value is -3.65. The molecule has 0 bridgehead atoms. The highest BCUT2D eigenvalue weighted by Crippen LogP contribution is 2.44. The summed E-state index contributed by atoms with van der Waals surface area (Å²) in [6.07, 6.45) is 1.95. The first kappa shape index (κ1) is 22.5. The molecule has 1 aliphatic carbocycles. The molecule has 8 nitrogen and oxygen atoms in total. The molecule has 2 atom stereocenters. The third kappa shape index (κ3) is 5.23. The number of aliphatic carboxylic acids is 1. The number of ether oxygens (including phenoxy) is 2. The number of carboxylic acids is 1. The maximum Gasteiger partial charge on any atom is 0.407 e. The van der Waals surface area contributed by atoms with Crippen molar-refractivity contribution in [3.05, 3.63) is 71.8 Å². The number of carbonyl (C=O) groups excluding carboxylic acids is 2. The summed E-state index contributed by atoms with van der Waals surface area (Å²) in [7, 11) is 0. The van der Waals surface area contributed by atoms with Crippen molar-refractivity contribution in [2.24, 2.45) is 5.92 Å². The van der Waals surface area contributed by atoms with Gasteiger partial charge in [0.15, 0.2) is 6.10 Å². The molecule has 1 heterocycles. The first-order chi connectivity index (χ1) is 16.0. The van der Waals surface area contributed by atoms with Crippen LogP contribution in [0.15, 0.2) is 60.7 Å². The van der Waals surface area contributed by atoms with Crippen LogP contribution in [-0.2, 0) is 19.1 Å². The lowest BCUT2D eigenvalue weighted by atomic mass is 9.98. The number of amides is 2. The number of rotatable bonds is 8. The molecule has 2 aliphatic rings. The van der Waals surface area contributed by atoms with E-state index in [1.807, 2.05) is 24.3 Å². The van der Waals surface area contributed by atoms with E-state index < -0.39 is 18.2 Å². The third-order valence-corrected chi connectivity index (χ3v) is 5.97. The molecule has 172 valence electrons. The Labute approximate surface area is 191 Å². The number of carboxylic acid groups (broad SMARTS) is 1. The van der Waals surface area contributed by atoms with Crippen LogP contribution in [0, 0.1) is 5.92 Å². The van der Waals surface area contributed by atoms with E-state index in [0.29, 0.717) is 13.0 Å². The smallest absolute Gasteiger partial charge is 0.407 e. The molecule has 3 N–H and O–H groups in total. The Morgan fingerprint density at radius 2 is 1.70 bits per heavy atom. The van der Waals surface area contributed by atoms with Gasteiger partial charge in [-0.25, -0.2) is 9.59 Å². The summed E-state index contributed by atoms with van der Waals surface area (Å²) in [5.41, 5.74) is 4.60. The molecule has 8 heteroatoms. The van der Waals surface area contributed by atoms with Gasteiger partial charge in [-0.05, 0) is 28.7 Å². The second-order valence-corrected chi connectivity index (χ2v) is 8.03. The van der Waals surface area contributed by atoms with Gasteiger partial charge in [0.05, 0.1) is 0 Å². The molecule has 0 saturated carbocycles. The molecule has 0 aromatic heterocycles. The van der Waals surface area contributed by atoms with E-state index >= 15 is 0 Å². The average molecular weight is 450 g/mol. The molecule has 1 saturated heterocycles. The number of nitrogens with one attached hydrogen (secondary N) is 2. The number of alkyl carbamates (subject to hydrolysis) is 1. The molecule has 1 aliphatic heterocycles. The minimum atomic E-state index is -1.02. The van der Waals surface area contributed by atoms with Crippen LogP contribution in [0.3, 0.4) is 0 Å². The van der Waals surface area contributed by atoms with E-state index in [1.165, 1.54) is 12.2 Å². The molecule has 2 unspecified atom stereocenters. The van der Waals surface area contributed by atoms with Crippen LogP contribution >= 0.6 is 0 Å². The van der Waals surface area contributed by atoms with Gasteiger partial charge in [0.1, 0.15) is 6.61 Å². The molecule has 0 radical (unpaired) electrons. The van der Waals surface area contributed by atoms with Crippen molar-refractivity contribution < 1.29 is 29.0 Å². The van der Waals surface area contributed by atoms with Crippen LogP contribution in [0.4, 0.5) is 4.79 Å². The van der Waals surface area contributed by atoms with E-state index in [9.17, 15) is 14.4 Å². The molecular weight excluding hydrogens is 424 g/mol. The van der Waals surface area contributed by atoms with Crippen LogP contribution < -0.4 is 10.6 Å². The zero-order valence-electron chi connectivity index (χ0n) is 18.0. The quantitative estimate of drug-likeness (QED) is 0.533. The molecule has 1 fully saturated rings. The van der Waals surface area contributed by atoms with E-state index in [0.717, 1.165) is 22.3 Å². The van der Waals surface area contributed by atoms with Gasteiger partial charge in [-0.2, -0.15) is 0 Å². The fraction of sp³-hybridized carbons (Fsp3) is 0.320. The standard InChI is InChI=1S/C25H26N2O6/c28-22(27-14-16-11-13-32-23(16)24(29)30)10-5-12-26-25(31)33-15-21-19-8-3-1-6-17(19)18-7-2-4-9-20(18)21/h1-10,16,21,23H,11-15H2,(H,26,31)(H,27,28)(H,29,30)/b10-5+. The van der Waals surface area contributed by atoms with E-state index in [1.54, 1.807) is 0 Å². The molecule has 4 rings (SSSR count). The van der Waals surface area contributed by atoms with Crippen molar-refractivity contribution in [2.45, 2.75) is 18.4 Å². The first-order valence-corrected chi connectivity index (χ1v) is 10.9. The predicted molar refractivity (Wildman–Crippen MR) is 121 cm³/mol. The molecule has 2 aromatic rings. The lowest BCUT2D eigenvalue weighted by Crippen LogP contribution is -2.35. The zero-order valence-corrected chi connectivity index (χ0v) is 18.0. The van der Waals surface area contributed by atoms with E-state index in [2.05, 4.69) is 34.9 Å².